The molecule has 1 aromatic carbocycles. The summed E-state index contributed by atoms with van der Waals surface area (Å²) in [6.45, 7) is 6.22. The van der Waals surface area contributed by atoms with Gasteiger partial charge in [0.15, 0.2) is 12.1 Å². The third-order valence-electron chi connectivity index (χ3n) is 3.41. The summed E-state index contributed by atoms with van der Waals surface area (Å²) in [5, 5.41) is 19.6. The highest BCUT2D eigenvalue weighted by Crippen LogP contribution is 2.26. The zero-order valence-electron chi connectivity index (χ0n) is 11.8. The molecule has 0 saturated carbocycles. The van der Waals surface area contributed by atoms with Gasteiger partial charge in [-0.2, -0.15) is 0 Å². The molecule has 1 aromatic rings. The van der Waals surface area contributed by atoms with Gasteiger partial charge in [0, 0.05) is 5.46 Å². The molecule has 0 aromatic heterocycles. The second-order valence-electron chi connectivity index (χ2n) is 5.53. The standard InChI is InChI=1S/C13H17BClFO4/c1-12(2,18)13(3,4)20-14(19)9-6-5-8(7-17)11(16)10(9)15/h5-7,18-19H,1-4H3. The second-order valence-corrected chi connectivity index (χ2v) is 5.91. The fourth-order valence-corrected chi connectivity index (χ4v) is 1.61. The highest BCUT2D eigenvalue weighted by atomic mass is 35.5. The molecular weight excluding hydrogens is 285 g/mol. The van der Waals surface area contributed by atoms with Gasteiger partial charge >= 0.3 is 7.12 Å². The molecule has 0 fully saturated rings. The van der Waals surface area contributed by atoms with Crippen molar-refractivity contribution in [3.63, 3.8) is 0 Å². The van der Waals surface area contributed by atoms with Crippen LogP contribution in [0.1, 0.15) is 38.1 Å². The zero-order valence-corrected chi connectivity index (χ0v) is 12.5. The Morgan fingerprint density at radius 1 is 1.35 bits per heavy atom. The van der Waals surface area contributed by atoms with Crippen molar-refractivity contribution in [1.82, 2.24) is 0 Å². The maximum absolute atomic E-state index is 13.7. The zero-order chi connectivity index (χ0) is 15.7. The highest BCUT2D eigenvalue weighted by molar-refractivity contribution is 6.64. The van der Waals surface area contributed by atoms with Gasteiger partial charge in [-0.25, -0.2) is 4.39 Å². The molecule has 0 radical (unpaired) electrons. The molecular formula is C13H17BClFO4. The summed E-state index contributed by atoms with van der Waals surface area (Å²) in [5.41, 5.74) is -2.54. The van der Waals surface area contributed by atoms with E-state index >= 15 is 0 Å². The number of hydrogen-bond donors (Lipinski definition) is 2. The number of aliphatic hydroxyl groups is 1. The Hall–Kier alpha value is -0.945. The van der Waals surface area contributed by atoms with E-state index in [1.807, 2.05) is 0 Å². The third-order valence-corrected chi connectivity index (χ3v) is 3.80. The van der Waals surface area contributed by atoms with Crippen LogP contribution in [0.25, 0.3) is 0 Å². The third kappa shape index (κ3) is 3.38. The van der Waals surface area contributed by atoms with Crippen LogP contribution in [0.3, 0.4) is 0 Å². The normalized spacial score (nSPS) is 12.4. The second kappa shape index (κ2) is 5.81. The number of aldehydes is 1. The van der Waals surface area contributed by atoms with E-state index in [2.05, 4.69) is 0 Å². The van der Waals surface area contributed by atoms with E-state index in [9.17, 15) is 19.3 Å². The van der Waals surface area contributed by atoms with Crippen molar-refractivity contribution >= 4 is 30.5 Å². The average Bonchev–Trinajstić information content (AvgIpc) is 2.30. The van der Waals surface area contributed by atoms with E-state index in [1.54, 1.807) is 13.8 Å². The summed E-state index contributed by atoms with van der Waals surface area (Å²) < 4.78 is 19.1. The molecule has 0 bridgehead atoms. The molecule has 0 unspecified atom stereocenters. The summed E-state index contributed by atoms with van der Waals surface area (Å²) in [7, 11) is -1.53. The molecule has 0 amide bonds. The molecule has 1 rings (SSSR count). The Morgan fingerprint density at radius 3 is 2.35 bits per heavy atom. The Kier molecular flexibility index (Phi) is 4.97. The molecule has 0 aliphatic rings. The molecule has 2 N–H and O–H groups in total. The predicted octanol–water partition coefficient (Wildman–Crippen LogP) is 1.55. The van der Waals surface area contributed by atoms with Crippen molar-refractivity contribution in [2.45, 2.75) is 38.9 Å². The Labute approximate surface area is 122 Å². The Morgan fingerprint density at radius 2 is 1.90 bits per heavy atom. The minimum absolute atomic E-state index is 0.00732. The summed E-state index contributed by atoms with van der Waals surface area (Å²) in [6.07, 6.45) is 0.332. The van der Waals surface area contributed by atoms with Gasteiger partial charge in [-0.05, 0) is 33.8 Å². The van der Waals surface area contributed by atoms with E-state index in [-0.39, 0.29) is 16.0 Å². The summed E-state index contributed by atoms with van der Waals surface area (Å²) in [6, 6.07) is 2.51. The lowest BCUT2D eigenvalue weighted by Gasteiger charge is -2.38. The van der Waals surface area contributed by atoms with Crippen molar-refractivity contribution in [3.05, 3.63) is 28.5 Å². The minimum atomic E-state index is -1.53. The first kappa shape index (κ1) is 17.1. The van der Waals surface area contributed by atoms with Gasteiger partial charge in [-0.1, -0.05) is 17.7 Å². The van der Waals surface area contributed by atoms with Gasteiger partial charge in [0.05, 0.1) is 21.8 Å². The van der Waals surface area contributed by atoms with Crippen molar-refractivity contribution in [3.8, 4) is 0 Å². The molecule has 20 heavy (non-hydrogen) atoms. The number of carbonyl (C=O) groups excluding carboxylic acids is 1. The van der Waals surface area contributed by atoms with Gasteiger partial charge in [0.2, 0.25) is 0 Å². The summed E-state index contributed by atoms with van der Waals surface area (Å²) in [5.74, 6) is -0.914. The molecule has 0 aliphatic carbocycles. The van der Waals surface area contributed by atoms with Crippen molar-refractivity contribution in [2.75, 3.05) is 0 Å². The quantitative estimate of drug-likeness (QED) is 0.640. The number of halogens is 2. The fourth-order valence-electron chi connectivity index (χ4n) is 1.35. The van der Waals surface area contributed by atoms with Crippen LogP contribution in [-0.2, 0) is 4.65 Å². The van der Waals surface area contributed by atoms with E-state index < -0.39 is 24.1 Å². The van der Waals surface area contributed by atoms with Crippen LogP contribution in [-0.4, -0.2) is 34.7 Å². The van der Waals surface area contributed by atoms with Gasteiger partial charge in [0.1, 0.15) is 0 Å². The Balaban J connectivity index is 3.08. The minimum Gasteiger partial charge on any atom is -0.423 e. The van der Waals surface area contributed by atoms with Crippen LogP contribution in [0.15, 0.2) is 12.1 Å². The predicted molar refractivity (Wildman–Crippen MR) is 75.9 cm³/mol. The molecule has 0 heterocycles. The van der Waals surface area contributed by atoms with E-state index in [0.29, 0.717) is 6.29 Å². The summed E-state index contributed by atoms with van der Waals surface area (Å²) >= 11 is 5.78. The lowest BCUT2D eigenvalue weighted by Crippen LogP contribution is -2.53. The number of benzene rings is 1. The van der Waals surface area contributed by atoms with E-state index in [1.165, 1.54) is 26.0 Å². The first-order chi connectivity index (χ1) is 9.01. The van der Waals surface area contributed by atoms with Gasteiger partial charge in [-0.3, -0.25) is 4.79 Å². The molecule has 7 heteroatoms. The van der Waals surface area contributed by atoms with Crippen LogP contribution in [0.2, 0.25) is 5.02 Å². The van der Waals surface area contributed by atoms with Crippen LogP contribution >= 0.6 is 11.6 Å². The van der Waals surface area contributed by atoms with Gasteiger partial charge in [-0.15, -0.1) is 0 Å². The first-order valence-corrected chi connectivity index (χ1v) is 6.40. The molecule has 0 spiro atoms. The number of carbonyl (C=O) groups is 1. The molecule has 0 atom stereocenters. The maximum Gasteiger partial charge on any atom is 0.493 e. The topological polar surface area (TPSA) is 66.8 Å². The summed E-state index contributed by atoms with van der Waals surface area (Å²) in [4.78, 5) is 10.6. The van der Waals surface area contributed by atoms with Gasteiger partial charge in [0.25, 0.3) is 0 Å². The van der Waals surface area contributed by atoms with Crippen molar-refractivity contribution in [1.29, 1.82) is 0 Å². The number of hydrogen-bond acceptors (Lipinski definition) is 4. The molecule has 0 aliphatic heterocycles. The van der Waals surface area contributed by atoms with Crippen LogP contribution in [0.4, 0.5) is 4.39 Å². The molecule has 4 nitrogen and oxygen atoms in total. The van der Waals surface area contributed by atoms with Crippen LogP contribution in [0, 0.1) is 5.82 Å². The van der Waals surface area contributed by atoms with E-state index in [0.717, 1.165) is 0 Å². The molecule has 0 saturated heterocycles. The first-order valence-electron chi connectivity index (χ1n) is 6.02. The smallest absolute Gasteiger partial charge is 0.423 e. The monoisotopic (exact) mass is 302 g/mol. The lowest BCUT2D eigenvalue weighted by molar-refractivity contribution is -0.0982. The van der Waals surface area contributed by atoms with Crippen molar-refractivity contribution in [2.24, 2.45) is 0 Å². The molecule has 110 valence electrons. The largest absolute Gasteiger partial charge is 0.493 e. The SMILES string of the molecule is CC(C)(O)C(C)(C)OB(O)c1ccc(C=O)c(F)c1Cl. The average molecular weight is 303 g/mol. The lowest BCUT2D eigenvalue weighted by atomic mass is 9.76. The highest BCUT2D eigenvalue weighted by Gasteiger charge is 2.40. The Bertz CT molecular complexity index is 514. The van der Waals surface area contributed by atoms with Crippen LogP contribution < -0.4 is 5.46 Å². The van der Waals surface area contributed by atoms with E-state index in [4.69, 9.17) is 16.3 Å². The van der Waals surface area contributed by atoms with Crippen molar-refractivity contribution < 1.29 is 24.0 Å². The number of rotatable bonds is 5. The van der Waals surface area contributed by atoms with Gasteiger partial charge < -0.3 is 14.8 Å². The fraction of sp³-hybridized carbons (Fsp3) is 0.462. The van der Waals surface area contributed by atoms with Crippen LogP contribution in [0.5, 0.6) is 0 Å². The maximum atomic E-state index is 13.7.